The number of likely N-dealkylation sites (N-methyl/N-ethyl adjacent to an activating group) is 1. The fourth-order valence-corrected chi connectivity index (χ4v) is 4.21. The molecule has 32 heavy (non-hydrogen) atoms. The van der Waals surface area contributed by atoms with Crippen molar-refractivity contribution in [2.45, 2.75) is 20.8 Å². The van der Waals surface area contributed by atoms with Gasteiger partial charge in [-0.3, -0.25) is 14.4 Å². The van der Waals surface area contributed by atoms with E-state index in [-0.39, 0.29) is 17.7 Å². The molecular formula is C25H28N4O3. The van der Waals surface area contributed by atoms with Crippen LogP contribution in [0, 0.1) is 6.92 Å². The van der Waals surface area contributed by atoms with Crippen molar-refractivity contribution in [3.8, 4) is 0 Å². The van der Waals surface area contributed by atoms with E-state index >= 15 is 0 Å². The highest BCUT2D eigenvalue weighted by Crippen LogP contribution is 2.35. The maximum Gasteiger partial charge on any atom is 0.282 e. The van der Waals surface area contributed by atoms with E-state index in [1.165, 1.54) is 11.8 Å². The molecule has 7 nitrogen and oxygen atoms in total. The van der Waals surface area contributed by atoms with E-state index in [0.717, 1.165) is 30.8 Å². The van der Waals surface area contributed by atoms with E-state index < -0.39 is 0 Å². The lowest BCUT2D eigenvalue weighted by molar-refractivity contribution is -0.121. The van der Waals surface area contributed by atoms with Gasteiger partial charge >= 0.3 is 0 Å². The number of aryl methyl sites for hydroxylation is 1. The number of nitrogens with zero attached hydrogens (tertiary/aromatic N) is 3. The Labute approximate surface area is 188 Å². The van der Waals surface area contributed by atoms with Crippen molar-refractivity contribution in [2.24, 2.45) is 0 Å². The van der Waals surface area contributed by atoms with Crippen molar-refractivity contribution in [1.82, 2.24) is 9.80 Å². The normalized spacial score (nSPS) is 17.3. The molecule has 166 valence electrons. The zero-order valence-corrected chi connectivity index (χ0v) is 18.7. The Bertz CT molecular complexity index is 1070. The summed E-state index contributed by atoms with van der Waals surface area (Å²) < 4.78 is 0. The van der Waals surface area contributed by atoms with Crippen LogP contribution in [-0.2, 0) is 14.4 Å². The van der Waals surface area contributed by atoms with Crippen molar-refractivity contribution >= 4 is 34.7 Å². The molecule has 2 heterocycles. The van der Waals surface area contributed by atoms with Crippen LogP contribution < -0.4 is 10.2 Å². The lowest BCUT2D eigenvalue weighted by Crippen LogP contribution is -2.47. The molecule has 2 aromatic rings. The monoisotopic (exact) mass is 432 g/mol. The molecule has 0 radical (unpaired) electrons. The molecular weight excluding hydrogens is 404 g/mol. The Morgan fingerprint density at radius 2 is 1.53 bits per heavy atom. The molecule has 0 atom stereocenters. The molecule has 0 spiro atoms. The van der Waals surface area contributed by atoms with Gasteiger partial charge in [0.25, 0.3) is 11.8 Å². The fourth-order valence-electron chi connectivity index (χ4n) is 4.21. The minimum absolute atomic E-state index is 0.178. The predicted octanol–water partition coefficient (Wildman–Crippen LogP) is 2.88. The number of nitrogens with one attached hydrogen (secondary N) is 1. The van der Waals surface area contributed by atoms with Crippen molar-refractivity contribution in [3.63, 3.8) is 0 Å². The minimum atomic E-state index is -0.320. The molecule has 2 aliphatic rings. The summed E-state index contributed by atoms with van der Waals surface area (Å²) in [6.07, 6.45) is 0. The highest BCUT2D eigenvalue weighted by molar-refractivity contribution is 6.45. The van der Waals surface area contributed by atoms with E-state index in [0.29, 0.717) is 35.7 Å². The summed E-state index contributed by atoms with van der Waals surface area (Å²) in [5.74, 6) is -0.801. The van der Waals surface area contributed by atoms with Gasteiger partial charge in [-0.05, 0) is 43.3 Å². The average molecular weight is 433 g/mol. The molecule has 0 aromatic heterocycles. The lowest BCUT2D eigenvalue weighted by atomic mass is 10.0. The first-order valence-electron chi connectivity index (χ1n) is 10.9. The Morgan fingerprint density at radius 3 is 2.09 bits per heavy atom. The number of carbonyl (C=O) groups is 3. The first-order chi connectivity index (χ1) is 15.4. The van der Waals surface area contributed by atoms with Gasteiger partial charge in [-0.2, -0.15) is 0 Å². The third-order valence-corrected chi connectivity index (χ3v) is 5.98. The molecule has 0 bridgehead atoms. The van der Waals surface area contributed by atoms with Crippen LogP contribution in [0.2, 0.25) is 0 Å². The van der Waals surface area contributed by atoms with Crippen molar-refractivity contribution in [3.05, 3.63) is 65.4 Å². The minimum Gasteiger partial charge on any atom is -0.364 e. The first-order valence-corrected chi connectivity index (χ1v) is 10.9. The van der Waals surface area contributed by atoms with Crippen LogP contribution in [0.25, 0.3) is 5.57 Å². The third kappa shape index (κ3) is 4.16. The summed E-state index contributed by atoms with van der Waals surface area (Å²) in [7, 11) is 0. The van der Waals surface area contributed by atoms with Crippen LogP contribution in [-0.4, -0.2) is 60.2 Å². The fraction of sp³-hybridized carbons (Fsp3) is 0.320. The molecule has 1 N–H and O–H groups in total. The predicted molar refractivity (Wildman–Crippen MR) is 125 cm³/mol. The first kappa shape index (κ1) is 21.8. The number of amides is 3. The zero-order chi connectivity index (χ0) is 22.8. The quantitative estimate of drug-likeness (QED) is 0.736. The zero-order valence-electron chi connectivity index (χ0n) is 18.7. The second-order valence-electron chi connectivity index (χ2n) is 8.18. The smallest absolute Gasteiger partial charge is 0.282 e. The molecule has 0 aliphatic carbocycles. The van der Waals surface area contributed by atoms with Gasteiger partial charge in [-0.1, -0.05) is 36.8 Å². The van der Waals surface area contributed by atoms with Crippen LogP contribution in [0.3, 0.4) is 0 Å². The molecule has 4 rings (SSSR count). The van der Waals surface area contributed by atoms with Crippen molar-refractivity contribution < 1.29 is 14.4 Å². The van der Waals surface area contributed by atoms with Gasteiger partial charge in [0.05, 0.1) is 11.3 Å². The Balaban J connectivity index is 1.71. The van der Waals surface area contributed by atoms with E-state index in [4.69, 9.17) is 0 Å². The summed E-state index contributed by atoms with van der Waals surface area (Å²) in [4.78, 5) is 44.1. The van der Waals surface area contributed by atoms with Gasteiger partial charge in [0.15, 0.2) is 0 Å². The number of imide groups is 1. The summed E-state index contributed by atoms with van der Waals surface area (Å²) in [5, 5.41) is 2.70. The number of benzene rings is 2. The molecule has 1 fully saturated rings. The summed E-state index contributed by atoms with van der Waals surface area (Å²) in [6, 6.07) is 14.5. The van der Waals surface area contributed by atoms with E-state index in [1.807, 2.05) is 36.1 Å². The Kier molecular flexibility index (Phi) is 6.10. The molecule has 0 saturated carbocycles. The van der Waals surface area contributed by atoms with Gasteiger partial charge in [0.2, 0.25) is 5.91 Å². The largest absolute Gasteiger partial charge is 0.364 e. The van der Waals surface area contributed by atoms with Gasteiger partial charge < -0.3 is 15.1 Å². The maximum absolute atomic E-state index is 13.6. The van der Waals surface area contributed by atoms with Crippen LogP contribution in [0.1, 0.15) is 25.0 Å². The molecule has 2 aliphatic heterocycles. The van der Waals surface area contributed by atoms with Gasteiger partial charge in [0, 0.05) is 38.8 Å². The van der Waals surface area contributed by atoms with Gasteiger partial charge in [-0.25, -0.2) is 4.90 Å². The molecule has 1 saturated heterocycles. The number of hydrogen-bond donors (Lipinski definition) is 1. The number of rotatable bonds is 5. The standard InChI is InChI=1S/C25H28N4O3/c1-4-27-13-15-28(16-14-27)23-22(19-7-5-17(2)6-8-19)24(31)29(25(23)32)21-11-9-20(10-12-21)26-18(3)30/h5-12H,4,13-16H2,1-3H3,(H,26,30). The average Bonchev–Trinajstić information content (AvgIpc) is 3.05. The molecule has 2 aromatic carbocycles. The third-order valence-electron chi connectivity index (χ3n) is 5.98. The van der Waals surface area contributed by atoms with E-state index in [1.54, 1.807) is 24.3 Å². The summed E-state index contributed by atoms with van der Waals surface area (Å²) in [5.41, 5.74) is 3.86. The second-order valence-corrected chi connectivity index (χ2v) is 8.18. The van der Waals surface area contributed by atoms with Crippen LogP contribution in [0.5, 0.6) is 0 Å². The van der Waals surface area contributed by atoms with Crippen LogP contribution >= 0.6 is 0 Å². The van der Waals surface area contributed by atoms with Crippen LogP contribution in [0.4, 0.5) is 11.4 Å². The topological polar surface area (TPSA) is 73.0 Å². The van der Waals surface area contributed by atoms with Crippen molar-refractivity contribution in [1.29, 1.82) is 0 Å². The maximum atomic E-state index is 13.6. The van der Waals surface area contributed by atoms with E-state index in [2.05, 4.69) is 17.1 Å². The highest BCUT2D eigenvalue weighted by Gasteiger charge is 2.42. The Hall–Kier alpha value is -3.45. The van der Waals surface area contributed by atoms with Crippen LogP contribution in [0.15, 0.2) is 54.2 Å². The number of carbonyl (C=O) groups excluding carboxylic acids is 3. The van der Waals surface area contributed by atoms with Gasteiger partial charge in [0.1, 0.15) is 5.70 Å². The van der Waals surface area contributed by atoms with Gasteiger partial charge in [-0.15, -0.1) is 0 Å². The number of hydrogen-bond acceptors (Lipinski definition) is 5. The molecule has 3 amide bonds. The van der Waals surface area contributed by atoms with Crippen molar-refractivity contribution in [2.75, 3.05) is 42.9 Å². The highest BCUT2D eigenvalue weighted by atomic mass is 16.2. The SMILES string of the molecule is CCN1CCN(C2=C(c3ccc(C)cc3)C(=O)N(c3ccc(NC(C)=O)cc3)C2=O)CC1. The Morgan fingerprint density at radius 1 is 0.906 bits per heavy atom. The molecule has 0 unspecified atom stereocenters. The lowest BCUT2D eigenvalue weighted by Gasteiger charge is -2.36. The number of piperazine rings is 1. The molecule has 7 heteroatoms. The van der Waals surface area contributed by atoms with E-state index in [9.17, 15) is 14.4 Å². The second kappa shape index (κ2) is 8.96. The number of anilines is 2. The summed E-state index contributed by atoms with van der Waals surface area (Å²) in [6.45, 7) is 9.64. The summed E-state index contributed by atoms with van der Waals surface area (Å²) >= 11 is 0.